The normalized spacial score (nSPS) is 11.9. The van der Waals surface area contributed by atoms with Crippen LogP contribution in [-0.2, 0) is 20.9 Å². The standard InChI is InChI=1S/C23H21N5O3S/c1-3-13-28-17-12-8-7-11-16(17)20-21(28)25-23(27-26-20)32-14-18(29)24-19(22(30)31-2)15-9-5-4-6-10-15/h3-12,19H,1,13-14H2,2H3,(H,24,29). The van der Waals surface area contributed by atoms with Crippen molar-refractivity contribution in [2.75, 3.05) is 12.9 Å². The highest BCUT2D eigenvalue weighted by molar-refractivity contribution is 7.99. The monoisotopic (exact) mass is 447 g/mol. The predicted octanol–water partition coefficient (Wildman–Crippen LogP) is 3.29. The van der Waals surface area contributed by atoms with E-state index in [2.05, 4.69) is 27.1 Å². The molecule has 2 heterocycles. The fraction of sp³-hybridized carbons (Fsp3) is 0.174. The zero-order valence-corrected chi connectivity index (χ0v) is 18.2. The number of ether oxygens (including phenoxy) is 1. The molecule has 1 N–H and O–H groups in total. The number of thioether (sulfide) groups is 1. The van der Waals surface area contributed by atoms with Gasteiger partial charge in [-0.1, -0.05) is 66.4 Å². The second-order valence-electron chi connectivity index (χ2n) is 6.91. The van der Waals surface area contributed by atoms with Crippen molar-refractivity contribution < 1.29 is 14.3 Å². The van der Waals surface area contributed by atoms with Crippen LogP contribution in [-0.4, -0.2) is 44.5 Å². The van der Waals surface area contributed by atoms with Crippen molar-refractivity contribution in [3.8, 4) is 0 Å². The Morgan fingerprint density at radius 3 is 2.66 bits per heavy atom. The smallest absolute Gasteiger partial charge is 0.333 e. The lowest BCUT2D eigenvalue weighted by Gasteiger charge is -2.16. The number of allylic oxidation sites excluding steroid dienone is 1. The molecular formula is C23H21N5O3S. The average molecular weight is 448 g/mol. The molecule has 0 saturated heterocycles. The first-order chi connectivity index (χ1) is 15.6. The number of nitrogens with zero attached hydrogens (tertiary/aromatic N) is 4. The largest absolute Gasteiger partial charge is 0.467 e. The van der Waals surface area contributed by atoms with E-state index in [0.717, 1.165) is 22.7 Å². The number of aromatic nitrogens is 4. The van der Waals surface area contributed by atoms with Crippen LogP contribution >= 0.6 is 11.8 Å². The van der Waals surface area contributed by atoms with Crippen LogP contribution in [0.25, 0.3) is 22.1 Å². The molecule has 2 aromatic heterocycles. The van der Waals surface area contributed by atoms with Crippen molar-refractivity contribution in [1.82, 2.24) is 25.1 Å². The summed E-state index contributed by atoms with van der Waals surface area (Å²) in [6.45, 7) is 4.40. The van der Waals surface area contributed by atoms with Crippen LogP contribution in [0, 0.1) is 0 Å². The van der Waals surface area contributed by atoms with Gasteiger partial charge < -0.3 is 14.6 Å². The lowest BCUT2D eigenvalue weighted by Crippen LogP contribution is -2.35. The number of methoxy groups -OCH3 is 1. The average Bonchev–Trinajstić information content (AvgIpc) is 3.14. The molecule has 4 rings (SSSR count). The first-order valence-electron chi connectivity index (χ1n) is 9.90. The summed E-state index contributed by atoms with van der Waals surface area (Å²) in [6.07, 6.45) is 1.80. The van der Waals surface area contributed by atoms with Crippen molar-refractivity contribution in [2.24, 2.45) is 0 Å². The molecule has 0 aliphatic carbocycles. The van der Waals surface area contributed by atoms with E-state index >= 15 is 0 Å². The topological polar surface area (TPSA) is 99.0 Å². The van der Waals surface area contributed by atoms with Gasteiger partial charge in [-0.3, -0.25) is 4.79 Å². The third-order valence-electron chi connectivity index (χ3n) is 4.87. The fourth-order valence-corrected chi connectivity index (χ4v) is 4.03. The molecule has 0 aliphatic heterocycles. The van der Waals surface area contributed by atoms with Gasteiger partial charge in [-0.25, -0.2) is 9.78 Å². The third kappa shape index (κ3) is 4.33. The number of esters is 1. The Labute approximate surface area is 188 Å². The van der Waals surface area contributed by atoms with E-state index in [4.69, 9.17) is 4.74 Å². The first kappa shape index (κ1) is 21.5. The van der Waals surface area contributed by atoms with Crippen molar-refractivity contribution in [3.63, 3.8) is 0 Å². The molecule has 1 unspecified atom stereocenters. The van der Waals surface area contributed by atoms with Gasteiger partial charge in [0, 0.05) is 11.9 Å². The van der Waals surface area contributed by atoms with Crippen molar-refractivity contribution in [2.45, 2.75) is 17.7 Å². The molecule has 0 fully saturated rings. The Morgan fingerprint density at radius 2 is 1.91 bits per heavy atom. The van der Waals surface area contributed by atoms with E-state index < -0.39 is 12.0 Å². The molecule has 9 heteroatoms. The summed E-state index contributed by atoms with van der Waals surface area (Å²) in [5.41, 5.74) is 3.02. The van der Waals surface area contributed by atoms with Crippen molar-refractivity contribution in [3.05, 3.63) is 72.8 Å². The number of hydrogen-bond acceptors (Lipinski definition) is 7. The van der Waals surface area contributed by atoms with Crippen LogP contribution in [0.4, 0.5) is 0 Å². The van der Waals surface area contributed by atoms with E-state index in [-0.39, 0.29) is 11.7 Å². The Kier molecular flexibility index (Phi) is 6.46. The summed E-state index contributed by atoms with van der Waals surface area (Å²) in [6, 6.07) is 15.9. The molecule has 1 atom stereocenters. The molecule has 8 nitrogen and oxygen atoms in total. The molecule has 4 aromatic rings. The Hall–Kier alpha value is -3.72. The highest BCUT2D eigenvalue weighted by Crippen LogP contribution is 2.27. The lowest BCUT2D eigenvalue weighted by molar-refractivity contribution is -0.145. The molecule has 32 heavy (non-hydrogen) atoms. The Bertz CT molecular complexity index is 1290. The number of benzene rings is 2. The Morgan fingerprint density at radius 1 is 1.16 bits per heavy atom. The van der Waals surface area contributed by atoms with E-state index in [1.54, 1.807) is 30.3 Å². The second kappa shape index (κ2) is 9.61. The molecule has 1 amide bonds. The number of carbonyl (C=O) groups is 2. The minimum Gasteiger partial charge on any atom is -0.467 e. The lowest BCUT2D eigenvalue weighted by atomic mass is 10.1. The predicted molar refractivity (Wildman–Crippen MR) is 123 cm³/mol. The number of rotatable bonds is 8. The van der Waals surface area contributed by atoms with Gasteiger partial charge >= 0.3 is 5.97 Å². The summed E-state index contributed by atoms with van der Waals surface area (Å²) in [5, 5.41) is 12.6. The maximum absolute atomic E-state index is 12.6. The Balaban J connectivity index is 1.53. The summed E-state index contributed by atoms with van der Waals surface area (Å²) < 4.78 is 6.85. The number of hydrogen-bond donors (Lipinski definition) is 1. The second-order valence-corrected chi connectivity index (χ2v) is 7.85. The zero-order chi connectivity index (χ0) is 22.5. The van der Waals surface area contributed by atoms with E-state index in [0.29, 0.717) is 28.4 Å². The number of carbonyl (C=O) groups excluding carboxylic acids is 2. The van der Waals surface area contributed by atoms with Crippen LogP contribution < -0.4 is 5.32 Å². The molecular weight excluding hydrogens is 426 g/mol. The molecule has 0 bridgehead atoms. The van der Waals surface area contributed by atoms with Gasteiger partial charge in [0.2, 0.25) is 11.1 Å². The van der Waals surface area contributed by atoms with Gasteiger partial charge in [0.1, 0.15) is 5.52 Å². The van der Waals surface area contributed by atoms with E-state index in [1.165, 1.54) is 7.11 Å². The fourth-order valence-electron chi connectivity index (χ4n) is 3.44. The molecule has 0 radical (unpaired) electrons. The maximum Gasteiger partial charge on any atom is 0.333 e. The quantitative estimate of drug-likeness (QED) is 0.251. The highest BCUT2D eigenvalue weighted by atomic mass is 32.2. The van der Waals surface area contributed by atoms with Gasteiger partial charge in [-0.2, -0.15) is 0 Å². The summed E-state index contributed by atoms with van der Waals surface area (Å²) in [4.78, 5) is 29.3. The van der Waals surface area contributed by atoms with E-state index in [9.17, 15) is 9.59 Å². The van der Waals surface area contributed by atoms with Crippen molar-refractivity contribution in [1.29, 1.82) is 0 Å². The third-order valence-corrected chi connectivity index (χ3v) is 5.71. The molecule has 0 spiro atoms. The van der Waals surface area contributed by atoms with Crippen LogP contribution in [0.2, 0.25) is 0 Å². The van der Waals surface area contributed by atoms with Gasteiger partial charge in [0.05, 0.1) is 18.4 Å². The van der Waals surface area contributed by atoms with Gasteiger partial charge in [0.25, 0.3) is 0 Å². The maximum atomic E-state index is 12.6. The molecule has 2 aromatic carbocycles. The molecule has 0 aliphatic rings. The van der Waals surface area contributed by atoms with Gasteiger partial charge in [-0.15, -0.1) is 16.8 Å². The van der Waals surface area contributed by atoms with E-state index in [1.807, 2.05) is 34.9 Å². The number of nitrogens with one attached hydrogen (secondary N) is 1. The number of para-hydroxylation sites is 1. The van der Waals surface area contributed by atoms with Gasteiger partial charge in [0.15, 0.2) is 11.7 Å². The summed E-state index contributed by atoms with van der Waals surface area (Å²) >= 11 is 1.15. The summed E-state index contributed by atoms with van der Waals surface area (Å²) in [5.74, 6) is -0.859. The number of fused-ring (bicyclic) bond motifs is 3. The highest BCUT2D eigenvalue weighted by Gasteiger charge is 2.23. The van der Waals surface area contributed by atoms with Gasteiger partial charge in [-0.05, 0) is 11.6 Å². The molecule has 162 valence electrons. The molecule has 0 saturated carbocycles. The minimum atomic E-state index is -0.883. The van der Waals surface area contributed by atoms with Crippen LogP contribution in [0.3, 0.4) is 0 Å². The SMILES string of the molecule is C=CCn1c2ccccc2c2nnc(SCC(=O)NC(C(=O)OC)c3ccccc3)nc21. The minimum absolute atomic E-state index is 0.0230. The van der Waals surface area contributed by atoms with Crippen molar-refractivity contribution >= 4 is 45.7 Å². The number of amides is 1. The van der Waals surface area contributed by atoms with Crippen LogP contribution in [0.15, 0.2) is 72.4 Å². The summed E-state index contributed by atoms with van der Waals surface area (Å²) in [7, 11) is 1.29. The van der Waals surface area contributed by atoms with Crippen LogP contribution in [0.5, 0.6) is 0 Å². The first-order valence-corrected chi connectivity index (χ1v) is 10.9. The zero-order valence-electron chi connectivity index (χ0n) is 17.4. The van der Waals surface area contributed by atoms with Crippen LogP contribution in [0.1, 0.15) is 11.6 Å².